The standard InChI is InChI=1S/C17H15N5O2/c1-24-14-5-3-2-4-11(14)16-18-7-10(8-19-16)12-6-15(23)21-17-13(12)9-20-22-17/h2-5,7-9,12H,6H2,1H3,(H2,20,21,22,23)/t12-/m0/s1. The van der Waals surface area contributed by atoms with Gasteiger partial charge in [-0.05, 0) is 17.7 Å². The molecule has 3 aromatic rings. The number of carbonyl (C=O) groups is 1. The van der Waals surface area contributed by atoms with Crippen LogP contribution in [0.2, 0.25) is 0 Å². The molecular weight excluding hydrogens is 306 g/mol. The average molecular weight is 321 g/mol. The van der Waals surface area contributed by atoms with Crippen LogP contribution in [0.15, 0.2) is 42.9 Å². The van der Waals surface area contributed by atoms with Crippen molar-refractivity contribution in [1.82, 2.24) is 20.2 Å². The molecule has 1 aromatic carbocycles. The number of amides is 1. The summed E-state index contributed by atoms with van der Waals surface area (Å²) in [7, 11) is 1.62. The van der Waals surface area contributed by atoms with E-state index in [1.54, 1.807) is 25.7 Å². The van der Waals surface area contributed by atoms with Crippen LogP contribution in [0, 0.1) is 0 Å². The van der Waals surface area contributed by atoms with E-state index in [1.807, 2.05) is 24.3 Å². The van der Waals surface area contributed by atoms with Crippen LogP contribution in [0.25, 0.3) is 11.4 Å². The molecule has 120 valence electrons. The van der Waals surface area contributed by atoms with Crippen molar-refractivity contribution in [3.05, 3.63) is 54.0 Å². The Hall–Kier alpha value is -3.22. The molecule has 7 heteroatoms. The van der Waals surface area contributed by atoms with E-state index in [0.717, 1.165) is 22.4 Å². The zero-order valence-corrected chi connectivity index (χ0v) is 13.0. The van der Waals surface area contributed by atoms with Gasteiger partial charge >= 0.3 is 0 Å². The Balaban J connectivity index is 1.69. The minimum atomic E-state index is -0.0979. The van der Waals surface area contributed by atoms with Crippen molar-refractivity contribution in [3.63, 3.8) is 0 Å². The molecule has 24 heavy (non-hydrogen) atoms. The molecule has 0 unspecified atom stereocenters. The van der Waals surface area contributed by atoms with Crippen LogP contribution in [-0.2, 0) is 4.79 Å². The molecule has 1 aliphatic rings. The van der Waals surface area contributed by atoms with E-state index in [0.29, 0.717) is 18.1 Å². The van der Waals surface area contributed by atoms with Crippen molar-refractivity contribution >= 4 is 11.7 Å². The first-order chi connectivity index (χ1) is 11.8. The molecule has 0 aliphatic carbocycles. The van der Waals surface area contributed by atoms with Crippen molar-refractivity contribution in [3.8, 4) is 17.1 Å². The highest BCUT2D eigenvalue weighted by Crippen LogP contribution is 2.35. The number of anilines is 1. The minimum Gasteiger partial charge on any atom is -0.496 e. The monoisotopic (exact) mass is 321 g/mol. The lowest BCUT2D eigenvalue weighted by molar-refractivity contribution is -0.116. The first-order valence-corrected chi connectivity index (χ1v) is 7.54. The van der Waals surface area contributed by atoms with Gasteiger partial charge in [0.2, 0.25) is 5.91 Å². The van der Waals surface area contributed by atoms with Gasteiger partial charge in [0.1, 0.15) is 11.6 Å². The molecule has 3 heterocycles. The first-order valence-electron chi connectivity index (χ1n) is 7.54. The van der Waals surface area contributed by atoms with Gasteiger partial charge in [-0.25, -0.2) is 9.97 Å². The number of nitrogens with one attached hydrogen (secondary N) is 2. The predicted molar refractivity (Wildman–Crippen MR) is 87.7 cm³/mol. The summed E-state index contributed by atoms with van der Waals surface area (Å²) in [6.45, 7) is 0. The van der Waals surface area contributed by atoms with E-state index in [2.05, 4.69) is 25.5 Å². The third-order valence-electron chi connectivity index (χ3n) is 4.12. The quantitative estimate of drug-likeness (QED) is 0.772. The molecule has 0 saturated carbocycles. The summed E-state index contributed by atoms with van der Waals surface area (Å²) in [6.07, 6.45) is 5.60. The lowest BCUT2D eigenvalue weighted by Crippen LogP contribution is -2.23. The molecule has 2 aromatic heterocycles. The van der Waals surface area contributed by atoms with Crippen LogP contribution in [0.4, 0.5) is 5.82 Å². The number of nitrogens with zero attached hydrogens (tertiary/aromatic N) is 3. The second kappa shape index (κ2) is 5.77. The molecule has 1 aliphatic heterocycles. The van der Waals surface area contributed by atoms with Crippen LogP contribution < -0.4 is 10.1 Å². The highest BCUT2D eigenvalue weighted by Gasteiger charge is 2.28. The number of ether oxygens (including phenoxy) is 1. The Bertz CT molecular complexity index is 888. The number of hydrogen-bond acceptors (Lipinski definition) is 5. The molecule has 7 nitrogen and oxygen atoms in total. The van der Waals surface area contributed by atoms with Crippen LogP contribution in [-0.4, -0.2) is 33.2 Å². The van der Waals surface area contributed by atoms with Gasteiger partial charge in [0, 0.05) is 30.3 Å². The Kier molecular flexibility index (Phi) is 3.45. The maximum absolute atomic E-state index is 11.9. The van der Waals surface area contributed by atoms with Gasteiger partial charge in [0.15, 0.2) is 5.82 Å². The van der Waals surface area contributed by atoms with Gasteiger partial charge in [-0.2, -0.15) is 5.10 Å². The molecule has 0 bridgehead atoms. The first kappa shape index (κ1) is 14.4. The van der Waals surface area contributed by atoms with Gasteiger partial charge in [0.25, 0.3) is 0 Å². The van der Waals surface area contributed by atoms with Crippen LogP contribution >= 0.6 is 0 Å². The number of aromatic amines is 1. The Morgan fingerprint density at radius 1 is 1.17 bits per heavy atom. The molecule has 0 saturated heterocycles. The third-order valence-corrected chi connectivity index (χ3v) is 4.12. The lowest BCUT2D eigenvalue weighted by Gasteiger charge is -2.21. The Labute approximate surface area is 138 Å². The second-order valence-corrected chi connectivity index (χ2v) is 5.55. The number of fused-ring (bicyclic) bond motifs is 1. The molecule has 1 atom stereocenters. The van der Waals surface area contributed by atoms with Crippen LogP contribution in [0.3, 0.4) is 0 Å². The van der Waals surface area contributed by atoms with E-state index >= 15 is 0 Å². The highest BCUT2D eigenvalue weighted by molar-refractivity contribution is 5.94. The predicted octanol–water partition coefficient (Wildman–Crippen LogP) is 2.35. The summed E-state index contributed by atoms with van der Waals surface area (Å²) in [6, 6.07) is 7.60. The number of methoxy groups -OCH3 is 1. The summed E-state index contributed by atoms with van der Waals surface area (Å²) in [5.74, 6) is 1.80. The van der Waals surface area contributed by atoms with Gasteiger partial charge in [-0.15, -0.1) is 0 Å². The fourth-order valence-electron chi connectivity index (χ4n) is 2.93. The molecule has 0 radical (unpaired) electrons. The largest absolute Gasteiger partial charge is 0.496 e. The Morgan fingerprint density at radius 3 is 2.75 bits per heavy atom. The van der Waals surface area contributed by atoms with E-state index in [1.165, 1.54) is 0 Å². The van der Waals surface area contributed by atoms with E-state index in [-0.39, 0.29) is 11.8 Å². The van der Waals surface area contributed by atoms with Crippen molar-refractivity contribution in [2.75, 3.05) is 12.4 Å². The van der Waals surface area contributed by atoms with E-state index in [4.69, 9.17) is 4.74 Å². The smallest absolute Gasteiger partial charge is 0.226 e. The third kappa shape index (κ3) is 2.40. The summed E-state index contributed by atoms with van der Waals surface area (Å²) >= 11 is 0. The second-order valence-electron chi connectivity index (χ2n) is 5.55. The van der Waals surface area contributed by atoms with Gasteiger partial charge in [0.05, 0.1) is 18.9 Å². The number of hydrogen-bond donors (Lipinski definition) is 2. The van der Waals surface area contributed by atoms with Crippen molar-refractivity contribution in [2.24, 2.45) is 0 Å². The SMILES string of the molecule is COc1ccccc1-c1ncc([C@@H]2CC(=O)Nc3[nH]ncc32)cn1. The molecule has 1 amide bonds. The zero-order valence-electron chi connectivity index (χ0n) is 13.0. The van der Waals surface area contributed by atoms with E-state index in [9.17, 15) is 4.79 Å². The van der Waals surface area contributed by atoms with Crippen molar-refractivity contribution in [1.29, 1.82) is 0 Å². The Morgan fingerprint density at radius 2 is 1.96 bits per heavy atom. The van der Waals surface area contributed by atoms with Crippen molar-refractivity contribution in [2.45, 2.75) is 12.3 Å². The maximum Gasteiger partial charge on any atom is 0.226 e. The summed E-state index contributed by atoms with van der Waals surface area (Å²) < 4.78 is 5.35. The number of carbonyl (C=O) groups excluding carboxylic acids is 1. The lowest BCUT2D eigenvalue weighted by atomic mass is 9.89. The fraction of sp³-hybridized carbons (Fsp3) is 0.176. The van der Waals surface area contributed by atoms with E-state index < -0.39 is 0 Å². The van der Waals surface area contributed by atoms with Gasteiger partial charge in [-0.3, -0.25) is 9.89 Å². The topological polar surface area (TPSA) is 92.8 Å². The zero-order chi connectivity index (χ0) is 16.5. The number of para-hydroxylation sites is 1. The van der Waals surface area contributed by atoms with Crippen LogP contribution in [0.5, 0.6) is 5.75 Å². The number of H-pyrrole nitrogens is 1. The summed E-state index contributed by atoms with van der Waals surface area (Å²) in [5, 5.41) is 9.58. The minimum absolute atomic E-state index is 0.0504. The molecular formula is C17H15N5O2. The van der Waals surface area contributed by atoms with Crippen molar-refractivity contribution < 1.29 is 9.53 Å². The van der Waals surface area contributed by atoms with Crippen LogP contribution in [0.1, 0.15) is 23.5 Å². The highest BCUT2D eigenvalue weighted by atomic mass is 16.5. The molecule has 0 fully saturated rings. The maximum atomic E-state index is 11.9. The van der Waals surface area contributed by atoms with Gasteiger partial charge < -0.3 is 10.1 Å². The molecule has 0 spiro atoms. The number of benzene rings is 1. The molecule has 4 rings (SSSR count). The normalized spacial score (nSPS) is 16.4. The summed E-state index contributed by atoms with van der Waals surface area (Å²) in [5.41, 5.74) is 2.66. The summed E-state index contributed by atoms with van der Waals surface area (Å²) in [4.78, 5) is 20.8. The fourth-order valence-corrected chi connectivity index (χ4v) is 2.93. The number of rotatable bonds is 3. The number of aromatic nitrogens is 4. The van der Waals surface area contributed by atoms with Gasteiger partial charge in [-0.1, -0.05) is 12.1 Å². The average Bonchev–Trinajstić information content (AvgIpc) is 3.09. The molecule has 2 N–H and O–H groups in total.